The summed E-state index contributed by atoms with van der Waals surface area (Å²) >= 11 is 1.06. The molecule has 0 aromatic heterocycles. The van der Waals surface area contributed by atoms with Gasteiger partial charge < -0.3 is 5.32 Å². The standard InChI is InChI=1S/C17H17F2NOS/c1-12(13-5-3-2-4-6-13)10-20-17(21)11-22-16-8-7-14(18)9-15(16)19/h2-9,12H,10-11H2,1H3,(H,20,21)/t12-/m1/s1. The molecule has 0 bridgehead atoms. The van der Waals surface area contributed by atoms with Crippen LogP contribution in [0.2, 0.25) is 0 Å². The average Bonchev–Trinajstić information content (AvgIpc) is 2.52. The lowest BCUT2D eigenvalue weighted by Gasteiger charge is -2.13. The summed E-state index contributed by atoms with van der Waals surface area (Å²) in [5, 5.41) is 2.83. The first kappa shape index (κ1) is 16.5. The summed E-state index contributed by atoms with van der Waals surface area (Å²) in [4.78, 5) is 12.1. The van der Waals surface area contributed by atoms with Crippen molar-refractivity contribution in [1.29, 1.82) is 0 Å². The van der Waals surface area contributed by atoms with E-state index in [0.717, 1.165) is 23.4 Å². The van der Waals surface area contributed by atoms with E-state index in [-0.39, 0.29) is 22.5 Å². The third kappa shape index (κ3) is 4.84. The van der Waals surface area contributed by atoms with Gasteiger partial charge in [0.15, 0.2) is 0 Å². The first-order valence-electron chi connectivity index (χ1n) is 6.95. The summed E-state index contributed by atoms with van der Waals surface area (Å²) in [5.41, 5.74) is 1.15. The predicted octanol–water partition coefficient (Wildman–Crippen LogP) is 3.98. The fraction of sp³-hybridized carbons (Fsp3) is 0.235. The number of carbonyl (C=O) groups is 1. The van der Waals surface area contributed by atoms with Crippen molar-refractivity contribution in [3.8, 4) is 0 Å². The van der Waals surface area contributed by atoms with E-state index in [1.807, 2.05) is 37.3 Å². The van der Waals surface area contributed by atoms with Crippen LogP contribution < -0.4 is 5.32 Å². The van der Waals surface area contributed by atoms with Gasteiger partial charge in [0.05, 0.1) is 5.75 Å². The summed E-state index contributed by atoms with van der Waals surface area (Å²) in [6, 6.07) is 13.2. The van der Waals surface area contributed by atoms with Crippen molar-refractivity contribution in [2.24, 2.45) is 0 Å². The highest BCUT2D eigenvalue weighted by molar-refractivity contribution is 8.00. The summed E-state index contributed by atoms with van der Waals surface area (Å²) in [5.74, 6) is -1.13. The normalized spacial score (nSPS) is 12.0. The molecular weight excluding hydrogens is 304 g/mol. The highest BCUT2D eigenvalue weighted by Crippen LogP contribution is 2.22. The van der Waals surface area contributed by atoms with Crippen LogP contribution in [0, 0.1) is 11.6 Å². The van der Waals surface area contributed by atoms with Gasteiger partial charge in [-0.1, -0.05) is 37.3 Å². The molecular formula is C17H17F2NOS. The van der Waals surface area contributed by atoms with Crippen LogP contribution in [0.4, 0.5) is 8.78 Å². The predicted molar refractivity (Wildman–Crippen MR) is 84.9 cm³/mol. The molecule has 2 rings (SSSR count). The molecule has 0 aliphatic rings. The quantitative estimate of drug-likeness (QED) is 0.816. The Morgan fingerprint density at radius 2 is 1.91 bits per heavy atom. The average molecular weight is 321 g/mol. The van der Waals surface area contributed by atoms with E-state index in [1.165, 1.54) is 12.1 Å². The van der Waals surface area contributed by atoms with Crippen LogP contribution in [0.3, 0.4) is 0 Å². The van der Waals surface area contributed by atoms with Gasteiger partial charge in [-0.2, -0.15) is 0 Å². The molecule has 0 aliphatic heterocycles. The third-order valence-corrected chi connectivity index (χ3v) is 4.28. The Hall–Kier alpha value is -1.88. The highest BCUT2D eigenvalue weighted by Gasteiger charge is 2.10. The van der Waals surface area contributed by atoms with E-state index in [1.54, 1.807) is 0 Å². The fourth-order valence-corrected chi connectivity index (χ4v) is 2.70. The first-order chi connectivity index (χ1) is 10.6. The second-order valence-electron chi connectivity index (χ2n) is 4.98. The number of hydrogen-bond donors (Lipinski definition) is 1. The molecule has 2 nitrogen and oxygen atoms in total. The molecule has 0 radical (unpaired) electrons. The Balaban J connectivity index is 1.78. The highest BCUT2D eigenvalue weighted by atomic mass is 32.2. The smallest absolute Gasteiger partial charge is 0.230 e. The molecule has 0 saturated carbocycles. The maximum atomic E-state index is 13.4. The second-order valence-corrected chi connectivity index (χ2v) is 6.00. The van der Waals surface area contributed by atoms with E-state index in [4.69, 9.17) is 0 Å². The Kier molecular flexibility index (Phi) is 5.95. The van der Waals surface area contributed by atoms with Gasteiger partial charge in [-0.05, 0) is 23.6 Å². The number of hydrogen-bond acceptors (Lipinski definition) is 2. The summed E-state index contributed by atoms with van der Waals surface area (Å²) < 4.78 is 26.2. The zero-order valence-corrected chi connectivity index (χ0v) is 13.0. The van der Waals surface area contributed by atoms with Gasteiger partial charge in [0.2, 0.25) is 5.91 Å². The monoisotopic (exact) mass is 321 g/mol. The van der Waals surface area contributed by atoms with Crippen LogP contribution in [0.25, 0.3) is 0 Å². The number of halogens is 2. The molecule has 1 atom stereocenters. The minimum absolute atomic E-state index is 0.101. The van der Waals surface area contributed by atoms with Crippen molar-refractivity contribution < 1.29 is 13.6 Å². The lowest BCUT2D eigenvalue weighted by Crippen LogP contribution is -2.29. The molecule has 0 fully saturated rings. The number of rotatable bonds is 6. The Bertz CT molecular complexity index is 634. The lowest BCUT2D eigenvalue weighted by molar-refractivity contribution is -0.118. The van der Waals surface area contributed by atoms with Crippen molar-refractivity contribution in [3.05, 3.63) is 65.7 Å². The van der Waals surface area contributed by atoms with Gasteiger partial charge >= 0.3 is 0 Å². The van der Waals surface area contributed by atoms with Gasteiger partial charge in [-0.15, -0.1) is 11.8 Å². The number of thioether (sulfide) groups is 1. The molecule has 5 heteroatoms. The molecule has 0 spiro atoms. The van der Waals surface area contributed by atoms with Gasteiger partial charge in [-0.3, -0.25) is 4.79 Å². The number of nitrogens with one attached hydrogen (secondary N) is 1. The molecule has 1 amide bonds. The van der Waals surface area contributed by atoms with Crippen LogP contribution in [0.5, 0.6) is 0 Å². The zero-order chi connectivity index (χ0) is 15.9. The maximum Gasteiger partial charge on any atom is 0.230 e. The molecule has 22 heavy (non-hydrogen) atoms. The molecule has 0 saturated heterocycles. The number of carbonyl (C=O) groups excluding carboxylic acids is 1. The van der Waals surface area contributed by atoms with Crippen LogP contribution in [-0.4, -0.2) is 18.2 Å². The van der Waals surface area contributed by atoms with Crippen LogP contribution in [0.1, 0.15) is 18.4 Å². The van der Waals surface area contributed by atoms with Crippen molar-refractivity contribution >= 4 is 17.7 Å². The molecule has 0 heterocycles. The van der Waals surface area contributed by atoms with Gasteiger partial charge in [0.25, 0.3) is 0 Å². The lowest BCUT2D eigenvalue weighted by atomic mass is 10.0. The van der Waals surface area contributed by atoms with E-state index < -0.39 is 11.6 Å². The molecule has 0 unspecified atom stereocenters. The summed E-state index contributed by atoms with van der Waals surface area (Å²) in [6.07, 6.45) is 0. The van der Waals surface area contributed by atoms with Crippen molar-refractivity contribution in [1.82, 2.24) is 5.32 Å². The molecule has 116 valence electrons. The van der Waals surface area contributed by atoms with E-state index in [2.05, 4.69) is 5.32 Å². The zero-order valence-electron chi connectivity index (χ0n) is 12.2. The van der Waals surface area contributed by atoms with Crippen LogP contribution >= 0.6 is 11.8 Å². The van der Waals surface area contributed by atoms with E-state index >= 15 is 0 Å². The van der Waals surface area contributed by atoms with Gasteiger partial charge in [0.1, 0.15) is 11.6 Å². The first-order valence-corrected chi connectivity index (χ1v) is 7.94. The number of benzene rings is 2. The molecule has 2 aromatic carbocycles. The second kappa shape index (κ2) is 7.94. The number of amides is 1. The molecule has 2 aromatic rings. The minimum Gasteiger partial charge on any atom is -0.355 e. The third-order valence-electron chi connectivity index (χ3n) is 3.23. The minimum atomic E-state index is -0.643. The van der Waals surface area contributed by atoms with Crippen molar-refractivity contribution in [3.63, 3.8) is 0 Å². The summed E-state index contributed by atoms with van der Waals surface area (Å²) in [6.45, 7) is 2.55. The summed E-state index contributed by atoms with van der Waals surface area (Å²) in [7, 11) is 0. The largest absolute Gasteiger partial charge is 0.355 e. The van der Waals surface area contributed by atoms with E-state index in [9.17, 15) is 13.6 Å². The fourth-order valence-electron chi connectivity index (χ4n) is 1.95. The van der Waals surface area contributed by atoms with Gasteiger partial charge in [0, 0.05) is 17.5 Å². The van der Waals surface area contributed by atoms with Crippen LogP contribution in [0.15, 0.2) is 53.4 Å². The SMILES string of the molecule is C[C@H](CNC(=O)CSc1ccc(F)cc1F)c1ccccc1. The van der Waals surface area contributed by atoms with E-state index in [0.29, 0.717) is 6.54 Å². The van der Waals surface area contributed by atoms with Gasteiger partial charge in [-0.25, -0.2) is 8.78 Å². The molecule has 0 aliphatic carbocycles. The topological polar surface area (TPSA) is 29.1 Å². The Labute approximate surface area is 132 Å². The Morgan fingerprint density at radius 1 is 1.18 bits per heavy atom. The van der Waals surface area contributed by atoms with Crippen molar-refractivity contribution in [2.45, 2.75) is 17.7 Å². The molecule has 1 N–H and O–H groups in total. The van der Waals surface area contributed by atoms with Crippen molar-refractivity contribution in [2.75, 3.05) is 12.3 Å². The van der Waals surface area contributed by atoms with Crippen LogP contribution in [-0.2, 0) is 4.79 Å². The maximum absolute atomic E-state index is 13.4. The Morgan fingerprint density at radius 3 is 2.59 bits per heavy atom.